The fourth-order valence-electron chi connectivity index (χ4n) is 2.44. The van der Waals surface area contributed by atoms with Crippen molar-refractivity contribution in [1.29, 1.82) is 0 Å². The summed E-state index contributed by atoms with van der Waals surface area (Å²) in [6.07, 6.45) is 0. The van der Waals surface area contributed by atoms with E-state index in [1.165, 1.54) is 24.3 Å². The van der Waals surface area contributed by atoms with E-state index in [1.807, 2.05) is 25.1 Å². The third kappa shape index (κ3) is 5.69. The number of hydrogen-bond acceptors (Lipinski definition) is 4. The number of hydrogen-bond donors (Lipinski definition) is 2. The van der Waals surface area contributed by atoms with E-state index in [2.05, 4.69) is 10.0 Å². The van der Waals surface area contributed by atoms with Crippen molar-refractivity contribution in [3.63, 3.8) is 0 Å². The number of carbonyl (C=O) groups excluding carboxylic acids is 1. The number of halogens is 1. The van der Waals surface area contributed by atoms with Crippen LogP contribution in [0.4, 0.5) is 11.4 Å². The molecule has 0 aliphatic rings. The molecule has 0 heterocycles. The first kappa shape index (κ1) is 21.2. The predicted molar refractivity (Wildman–Crippen MR) is 110 cm³/mol. The van der Waals surface area contributed by atoms with Gasteiger partial charge in [0.2, 0.25) is 10.0 Å². The van der Waals surface area contributed by atoms with Crippen molar-refractivity contribution in [2.24, 2.45) is 0 Å². The first-order valence-corrected chi connectivity index (χ1v) is 10.2. The maximum atomic E-state index is 12.6. The first-order chi connectivity index (χ1) is 12.4. The van der Waals surface area contributed by atoms with Crippen molar-refractivity contribution in [2.75, 3.05) is 24.3 Å². The van der Waals surface area contributed by atoms with Gasteiger partial charge in [0.25, 0.3) is 5.91 Å². The van der Waals surface area contributed by atoms with E-state index >= 15 is 0 Å². The van der Waals surface area contributed by atoms with Gasteiger partial charge in [0, 0.05) is 30.2 Å². The molecule has 0 bridgehead atoms. The van der Waals surface area contributed by atoms with Gasteiger partial charge in [0.05, 0.1) is 16.3 Å². The van der Waals surface area contributed by atoms with Crippen LogP contribution in [0.25, 0.3) is 0 Å². The van der Waals surface area contributed by atoms with Crippen LogP contribution in [0, 0.1) is 0 Å². The normalized spacial score (nSPS) is 11.9. The summed E-state index contributed by atoms with van der Waals surface area (Å²) in [6, 6.07) is 11.0. The molecule has 0 aromatic heterocycles. The summed E-state index contributed by atoms with van der Waals surface area (Å²) in [6.45, 7) is 5.29. The van der Waals surface area contributed by atoms with E-state index in [4.69, 9.17) is 11.6 Å². The summed E-state index contributed by atoms with van der Waals surface area (Å²) in [5.41, 5.74) is 1.13. The van der Waals surface area contributed by atoms with E-state index in [-0.39, 0.29) is 10.8 Å². The van der Waals surface area contributed by atoms with Crippen LogP contribution >= 0.6 is 11.6 Å². The molecule has 0 atom stereocenters. The molecule has 0 spiro atoms. The maximum absolute atomic E-state index is 12.6. The molecule has 0 fully saturated rings. The molecule has 2 aromatic carbocycles. The molecule has 2 N–H and O–H groups in total. The molecule has 0 saturated heterocycles. The van der Waals surface area contributed by atoms with Gasteiger partial charge in [0.15, 0.2) is 0 Å². The highest BCUT2D eigenvalue weighted by molar-refractivity contribution is 7.89. The number of amides is 1. The fourth-order valence-corrected chi connectivity index (χ4v) is 4.03. The van der Waals surface area contributed by atoms with Crippen LogP contribution in [-0.4, -0.2) is 34.0 Å². The summed E-state index contributed by atoms with van der Waals surface area (Å²) in [5, 5.41) is 3.32. The van der Waals surface area contributed by atoms with Crippen LogP contribution in [0.5, 0.6) is 0 Å². The molecule has 8 heteroatoms. The number of carbonyl (C=O) groups is 1. The molecule has 0 aliphatic carbocycles. The minimum absolute atomic E-state index is 0.103. The van der Waals surface area contributed by atoms with Gasteiger partial charge in [-0.05, 0) is 63.2 Å². The van der Waals surface area contributed by atoms with Crippen molar-refractivity contribution in [2.45, 2.75) is 31.2 Å². The van der Waals surface area contributed by atoms with Crippen molar-refractivity contribution in [3.8, 4) is 0 Å². The topological polar surface area (TPSA) is 78.5 Å². The summed E-state index contributed by atoms with van der Waals surface area (Å²) < 4.78 is 27.3. The Kier molecular flexibility index (Phi) is 6.19. The Bertz CT molecular complexity index is 934. The van der Waals surface area contributed by atoms with E-state index in [0.29, 0.717) is 16.3 Å². The highest BCUT2D eigenvalue weighted by Gasteiger charge is 2.22. The SMILES string of the molecule is CN(C)c1ccc(Cl)cc1NC(=O)c1ccc(S(=O)(=O)NC(C)(C)C)cc1. The summed E-state index contributed by atoms with van der Waals surface area (Å²) in [5.74, 6) is -0.354. The Balaban J connectivity index is 2.23. The van der Waals surface area contributed by atoms with Crippen molar-refractivity contribution in [3.05, 3.63) is 53.1 Å². The van der Waals surface area contributed by atoms with Gasteiger partial charge in [-0.3, -0.25) is 4.79 Å². The Labute approximate surface area is 165 Å². The monoisotopic (exact) mass is 409 g/mol. The van der Waals surface area contributed by atoms with Crippen LogP contribution in [0.15, 0.2) is 47.4 Å². The summed E-state index contributed by atoms with van der Waals surface area (Å²) >= 11 is 6.03. The van der Waals surface area contributed by atoms with Gasteiger partial charge in [-0.25, -0.2) is 13.1 Å². The number of nitrogens with one attached hydrogen (secondary N) is 2. The zero-order valence-electron chi connectivity index (χ0n) is 16.0. The number of benzene rings is 2. The van der Waals surface area contributed by atoms with Crippen LogP contribution in [0.3, 0.4) is 0 Å². The Morgan fingerprint density at radius 2 is 1.63 bits per heavy atom. The minimum Gasteiger partial charge on any atom is -0.376 e. The molecule has 0 unspecified atom stereocenters. The molecule has 146 valence electrons. The van der Waals surface area contributed by atoms with Gasteiger partial charge < -0.3 is 10.2 Å². The zero-order valence-corrected chi connectivity index (χ0v) is 17.6. The zero-order chi connectivity index (χ0) is 20.4. The van der Waals surface area contributed by atoms with Gasteiger partial charge in [-0.1, -0.05) is 11.6 Å². The highest BCUT2D eigenvalue weighted by atomic mass is 35.5. The number of rotatable bonds is 5. The molecular weight excluding hydrogens is 386 g/mol. The van der Waals surface area contributed by atoms with E-state index in [1.54, 1.807) is 32.9 Å². The third-order valence-corrected chi connectivity index (χ3v) is 5.56. The average Bonchev–Trinajstić information content (AvgIpc) is 2.52. The van der Waals surface area contributed by atoms with Gasteiger partial charge in [-0.15, -0.1) is 0 Å². The molecule has 0 saturated carbocycles. The van der Waals surface area contributed by atoms with Crippen molar-refractivity contribution < 1.29 is 13.2 Å². The van der Waals surface area contributed by atoms with Crippen LogP contribution in [0.2, 0.25) is 5.02 Å². The molecule has 6 nitrogen and oxygen atoms in total. The molecule has 2 rings (SSSR count). The number of sulfonamides is 1. The second-order valence-corrected chi connectivity index (χ2v) is 9.51. The summed E-state index contributed by atoms with van der Waals surface area (Å²) in [4.78, 5) is 14.5. The molecular formula is C19H24ClN3O3S. The van der Waals surface area contributed by atoms with Crippen LogP contribution in [0.1, 0.15) is 31.1 Å². The Morgan fingerprint density at radius 1 is 1.04 bits per heavy atom. The lowest BCUT2D eigenvalue weighted by molar-refractivity contribution is 0.102. The quantitative estimate of drug-likeness (QED) is 0.788. The lowest BCUT2D eigenvalue weighted by Crippen LogP contribution is -2.40. The van der Waals surface area contributed by atoms with Crippen molar-refractivity contribution >= 4 is 38.9 Å². The van der Waals surface area contributed by atoms with Crippen LogP contribution < -0.4 is 14.9 Å². The van der Waals surface area contributed by atoms with Gasteiger partial charge in [-0.2, -0.15) is 0 Å². The second kappa shape index (κ2) is 7.88. The molecule has 2 aromatic rings. The van der Waals surface area contributed by atoms with Gasteiger partial charge >= 0.3 is 0 Å². The second-order valence-electron chi connectivity index (χ2n) is 7.39. The number of nitrogens with zero attached hydrogens (tertiary/aromatic N) is 1. The lowest BCUT2D eigenvalue weighted by atomic mass is 10.1. The smallest absolute Gasteiger partial charge is 0.255 e. The molecule has 0 aliphatic heterocycles. The molecule has 0 radical (unpaired) electrons. The largest absolute Gasteiger partial charge is 0.376 e. The molecule has 1 amide bonds. The van der Waals surface area contributed by atoms with E-state index in [9.17, 15) is 13.2 Å². The summed E-state index contributed by atoms with van der Waals surface area (Å²) in [7, 11) is 0.0750. The lowest BCUT2D eigenvalue weighted by Gasteiger charge is -2.20. The highest BCUT2D eigenvalue weighted by Crippen LogP contribution is 2.28. The Hall–Kier alpha value is -2.09. The Morgan fingerprint density at radius 3 is 2.15 bits per heavy atom. The first-order valence-electron chi connectivity index (χ1n) is 8.31. The fraction of sp³-hybridized carbons (Fsp3) is 0.316. The third-order valence-electron chi connectivity index (χ3n) is 3.56. The standard InChI is InChI=1S/C19H24ClN3O3S/c1-19(2,3)22-27(25,26)15-9-6-13(7-10-15)18(24)21-16-12-14(20)8-11-17(16)23(4)5/h6-12,22H,1-5H3,(H,21,24). The predicted octanol–water partition coefficient (Wildman–Crippen LogP) is 3.74. The van der Waals surface area contributed by atoms with Crippen molar-refractivity contribution in [1.82, 2.24) is 4.72 Å². The van der Waals surface area contributed by atoms with E-state index in [0.717, 1.165) is 5.69 Å². The maximum Gasteiger partial charge on any atom is 0.255 e. The van der Waals surface area contributed by atoms with E-state index < -0.39 is 15.6 Å². The minimum atomic E-state index is -3.65. The average molecular weight is 410 g/mol. The van der Waals surface area contributed by atoms with Crippen LogP contribution in [-0.2, 0) is 10.0 Å². The van der Waals surface area contributed by atoms with Gasteiger partial charge in [0.1, 0.15) is 0 Å². The number of anilines is 2. The molecule has 27 heavy (non-hydrogen) atoms.